The van der Waals surface area contributed by atoms with Crippen LogP contribution in [0.15, 0.2) is 42.3 Å². The minimum atomic E-state index is -3.58. The molecule has 0 radical (unpaired) electrons. The number of H-pyrrole nitrogens is 1. The second-order valence-corrected chi connectivity index (χ2v) is 6.46. The monoisotopic (exact) mass is 403 g/mol. The summed E-state index contributed by atoms with van der Waals surface area (Å²) in [6, 6.07) is -9.26. The first-order valence-electron chi connectivity index (χ1n) is 15.5. The lowest BCUT2D eigenvalue weighted by atomic mass is 9.86. The average molecular weight is 403 g/mol. The number of hydrogen-bond donors (Lipinski definition) is 1. The van der Waals surface area contributed by atoms with Gasteiger partial charge in [-0.3, -0.25) is 9.59 Å². The second-order valence-electron chi connectivity index (χ2n) is 6.46. The molecule has 1 aromatic heterocycles. The van der Waals surface area contributed by atoms with E-state index in [2.05, 4.69) is 4.98 Å². The molecule has 1 unspecified atom stereocenters. The molecule has 0 saturated carbocycles. The topological polar surface area (TPSA) is 74.9 Å². The molecule has 6 rings (SSSR count). The number of nitrogens with one attached hydrogen (secondary N) is 1. The van der Waals surface area contributed by atoms with Crippen molar-refractivity contribution in [2.75, 3.05) is 20.3 Å². The van der Waals surface area contributed by atoms with Gasteiger partial charge in [0.2, 0.25) is 18.6 Å². The van der Waals surface area contributed by atoms with Gasteiger partial charge in [-0.25, -0.2) is 0 Å². The van der Waals surface area contributed by atoms with Crippen molar-refractivity contribution in [1.82, 2.24) is 14.8 Å². The molecule has 0 spiro atoms. The first kappa shape index (κ1) is 7.74. The van der Waals surface area contributed by atoms with Crippen LogP contribution < -0.4 is 9.47 Å². The Kier molecular flexibility index (Phi) is 1.54. The van der Waals surface area contributed by atoms with Gasteiger partial charge in [0.15, 0.2) is 11.5 Å². The zero-order chi connectivity index (χ0) is 31.9. The SMILES string of the molecule is [2H]c1c([2H])c(C2c3[nH]c4c([2H])c([2H])c([2H])c([2H])c4c3C([2H])([2H])[C@@H]3C(=O)N(C([2H])([2H])[2H])C([2H])([2H])C(=O)N23)c([2H])c2c1OCO2. The molecule has 1 saturated heterocycles. The van der Waals surface area contributed by atoms with Crippen LogP contribution in [0.5, 0.6) is 11.5 Å². The fraction of sp³-hybridized carbons (Fsp3) is 0.273. The van der Waals surface area contributed by atoms with Gasteiger partial charge in [0.1, 0.15) is 6.04 Å². The van der Waals surface area contributed by atoms with Gasteiger partial charge in [-0.05, 0) is 29.3 Å². The summed E-state index contributed by atoms with van der Waals surface area (Å²) < 4.78 is 128. The third-order valence-corrected chi connectivity index (χ3v) is 4.92. The van der Waals surface area contributed by atoms with Crippen LogP contribution in [0.3, 0.4) is 0 Å². The zero-order valence-corrected chi connectivity index (χ0v) is 14.4. The molecule has 146 valence electrons. The minimum Gasteiger partial charge on any atom is -0.454 e. The number of fused-ring (bicyclic) bond motifs is 5. The van der Waals surface area contributed by atoms with Gasteiger partial charge >= 0.3 is 0 Å². The number of piperazine rings is 1. The highest BCUT2D eigenvalue weighted by Gasteiger charge is 2.47. The molecular weight excluding hydrogens is 370 g/mol. The number of nitrogens with zero attached hydrogens (tertiary/aromatic N) is 2. The van der Waals surface area contributed by atoms with Crippen LogP contribution in [-0.2, 0) is 16.0 Å². The van der Waals surface area contributed by atoms with Crippen molar-refractivity contribution in [3.63, 3.8) is 0 Å². The molecule has 0 aliphatic carbocycles. The molecule has 2 aromatic carbocycles. The van der Waals surface area contributed by atoms with Gasteiger partial charge in [-0.1, -0.05) is 24.2 Å². The molecule has 7 heteroatoms. The van der Waals surface area contributed by atoms with E-state index in [1.54, 1.807) is 0 Å². The molecule has 1 fully saturated rings. The zero-order valence-electron chi connectivity index (χ0n) is 28.4. The maximum atomic E-state index is 13.9. The van der Waals surface area contributed by atoms with Gasteiger partial charge in [-0.2, -0.15) is 0 Å². The van der Waals surface area contributed by atoms with Crippen molar-refractivity contribution in [2.45, 2.75) is 18.5 Å². The highest BCUT2D eigenvalue weighted by Crippen LogP contribution is 2.44. The summed E-state index contributed by atoms with van der Waals surface area (Å²) in [5, 5.41) is -0.435. The fourth-order valence-electron chi connectivity index (χ4n) is 3.68. The number of aromatic nitrogens is 1. The van der Waals surface area contributed by atoms with Crippen molar-refractivity contribution in [1.29, 1.82) is 0 Å². The van der Waals surface area contributed by atoms with E-state index >= 15 is 0 Å². The standard InChI is InChI=1S/C22H19N3O4/c1-24-10-19(26)25-16(22(24)27)9-14-13-4-2-3-5-15(13)23-20(14)21(25)12-6-7-17-18(8-12)29-11-28-17/h2-8,16,21,23H,9-11H2,1H3/t16-,21?/m1/s1/i1D3,2D,3D,4D,5D,6D,7D,8D,9D2,10D2. The van der Waals surface area contributed by atoms with Gasteiger partial charge in [-0.15, -0.1) is 0 Å². The van der Waals surface area contributed by atoms with E-state index in [1.165, 1.54) is 0 Å². The molecule has 2 atom stereocenters. The molecule has 7 nitrogen and oxygen atoms in total. The molecule has 4 heterocycles. The number of para-hydroxylation sites is 1. The summed E-state index contributed by atoms with van der Waals surface area (Å²) in [4.78, 5) is 30.5. The molecule has 0 bridgehead atoms. The molecule has 2 amide bonds. The maximum absolute atomic E-state index is 13.9. The van der Waals surface area contributed by atoms with Crippen LogP contribution in [0.2, 0.25) is 0 Å². The summed E-state index contributed by atoms with van der Waals surface area (Å²) >= 11 is 0. The quantitative estimate of drug-likeness (QED) is 0.676. The number of amides is 2. The van der Waals surface area contributed by atoms with Crippen LogP contribution in [0.1, 0.15) is 42.1 Å². The number of aromatic amines is 1. The van der Waals surface area contributed by atoms with Crippen LogP contribution in [0.4, 0.5) is 0 Å². The fourth-order valence-corrected chi connectivity index (χ4v) is 3.68. The Morgan fingerprint density at radius 2 is 2.07 bits per heavy atom. The Morgan fingerprint density at radius 3 is 2.97 bits per heavy atom. The number of ether oxygens (including phenoxy) is 2. The number of likely N-dealkylation sites (N-methyl/N-ethyl adjacent to an activating group) is 1. The van der Waals surface area contributed by atoms with Crippen molar-refractivity contribution in [3.8, 4) is 11.5 Å². The lowest BCUT2D eigenvalue weighted by Gasteiger charge is -2.46. The number of rotatable bonds is 1. The molecule has 29 heavy (non-hydrogen) atoms. The maximum Gasteiger partial charge on any atom is 0.245 e. The van der Waals surface area contributed by atoms with Gasteiger partial charge < -0.3 is 24.3 Å². The number of benzene rings is 2. The highest BCUT2D eigenvalue weighted by atomic mass is 16.7. The van der Waals surface area contributed by atoms with Crippen LogP contribution >= 0.6 is 0 Å². The van der Waals surface area contributed by atoms with Crippen LogP contribution in [-0.4, -0.2) is 52.9 Å². The van der Waals surface area contributed by atoms with E-state index < -0.39 is 115 Å². The lowest BCUT2D eigenvalue weighted by Crippen LogP contribution is -2.62. The lowest BCUT2D eigenvalue weighted by molar-refractivity contribution is -0.157. The van der Waals surface area contributed by atoms with Gasteiger partial charge in [0.05, 0.1) is 24.9 Å². The van der Waals surface area contributed by atoms with Crippen molar-refractivity contribution in [2.24, 2.45) is 0 Å². The number of hydrogen-bond acceptors (Lipinski definition) is 4. The Bertz CT molecular complexity index is 1800. The Labute approximate surface area is 186 Å². The number of carbonyl (C=O) groups excluding carboxylic acids is 2. The largest absolute Gasteiger partial charge is 0.454 e. The first-order valence-corrected chi connectivity index (χ1v) is 8.46. The summed E-state index contributed by atoms with van der Waals surface area (Å²) in [6.45, 7) is -7.57. The van der Waals surface area contributed by atoms with Crippen molar-refractivity contribution in [3.05, 3.63) is 59.1 Å². The summed E-state index contributed by atoms with van der Waals surface area (Å²) in [5.74, 6) is -4.01. The Morgan fingerprint density at radius 1 is 1.21 bits per heavy atom. The average Bonchev–Trinajstić information content (AvgIpc) is 3.55. The molecule has 3 aliphatic heterocycles. The predicted molar refractivity (Wildman–Crippen MR) is 105 cm³/mol. The van der Waals surface area contributed by atoms with E-state index in [4.69, 9.17) is 28.7 Å². The Hall–Kier alpha value is -3.48. The third-order valence-electron chi connectivity index (χ3n) is 4.92. The van der Waals surface area contributed by atoms with Gasteiger partial charge in [0, 0.05) is 36.8 Å². The van der Waals surface area contributed by atoms with E-state index in [-0.39, 0.29) is 21.9 Å². The summed E-state index contributed by atoms with van der Waals surface area (Å²) in [6.07, 6.45) is -3.11. The van der Waals surface area contributed by atoms with E-state index in [0.29, 0.717) is 4.90 Å². The summed E-state index contributed by atoms with van der Waals surface area (Å²) in [7, 11) is 0. The molecule has 3 aliphatic rings. The van der Waals surface area contributed by atoms with Gasteiger partial charge in [0.25, 0.3) is 0 Å². The van der Waals surface area contributed by atoms with Crippen molar-refractivity contribution < 1.29 is 38.3 Å². The highest BCUT2D eigenvalue weighted by molar-refractivity contribution is 5.97. The smallest absolute Gasteiger partial charge is 0.245 e. The normalized spacial score (nSPS) is 33.7. The Balaban J connectivity index is 1.80. The second kappa shape index (κ2) is 5.76. The first-order chi connectivity index (χ1) is 19.8. The summed E-state index contributed by atoms with van der Waals surface area (Å²) in [5.41, 5.74) is -1.91. The predicted octanol–water partition coefficient (Wildman–Crippen LogP) is 2.21. The van der Waals surface area contributed by atoms with Crippen LogP contribution in [0, 0.1) is 0 Å². The van der Waals surface area contributed by atoms with Crippen LogP contribution in [0.25, 0.3) is 10.9 Å². The number of carbonyl (C=O) groups is 2. The molecular formula is C22H19N3O4. The van der Waals surface area contributed by atoms with E-state index in [9.17, 15) is 9.59 Å². The molecule has 3 aromatic rings. The third kappa shape index (κ3) is 2.24. The van der Waals surface area contributed by atoms with E-state index in [1.807, 2.05) is 0 Å². The van der Waals surface area contributed by atoms with E-state index in [0.717, 1.165) is 0 Å². The van der Waals surface area contributed by atoms with Crippen molar-refractivity contribution >= 4 is 22.7 Å². The minimum absolute atomic E-state index is 0.275. The molecule has 1 N–H and O–H groups in total.